The van der Waals surface area contributed by atoms with Gasteiger partial charge in [0, 0.05) is 30.7 Å². The highest BCUT2D eigenvalue weighted by Crippen LogP contribution is 2.34. The quantitative estimate of drug-likeness (QED) is 0.721. The lowest BCUT2D eigenvalue weighted by Gasteiger charge is -2.11. The zero-order chi connectivity index (χ0) is 16.7. The van der Waals surface area contributed by atoms with Crippen LogP contribution in [0.4, 0.5) is 5.69 Å². The van der Waals surface area contributed by atoms with Crippen LogP contribution in [0.3, 0.4) is 0 Å². The molecule has 0 fully saturated rings. The fraction of sp³-hybridized carbons (Fsp3) is 0.125. The van der Waals surface area contributed by atoms with Gasteiger partial charge in [-0.05, 0) is 30.7 Å². The first kappa shape index (κ1) is 15.6. The van der Waals surface area contributed by atoms with E-state index in [1.54, 1.807) is 31.6 Å². The van der Waals surface area contributed by atoms with Crippen LogP contribution in [0.2, 0.25) is 10.2 Å². The number of aromatic nitrogens is 3. The fourth-order valence-corrected chi connectivity index (χ4v) is 2.91. The summed E-state index contributed by atoms with van der Waals surface area (Å²) in [5.41, 5.74) is 9.19. The van der Waals surface area contributed by atoms with Crippen LogP contribution in [0, 0.1) is 6.92 Å². The molecule has 0 amide bonds. The summed E-state index contributed by atoms with van der Waals surface area (Å²) >= 11 is 12.4. The predicted octanol–water partition coefficient (Wildman–Crippen LogP) is 3.44. The van der Waals surface area contributed by atoms with E-state index in [9.17, 15) is 4.79 Å². The number of hydrogen-bond acceptors (Lipinski definition) is 3. The molecule has 0 saturated heterocycles. The van der Waals surface area contributed by atoms with Crippen LogP contribution < -0.4 is 11.4 Å². The van der Waals surface area contributed by atoms with E-state index in [0.717, 1.165) is 16.8 Å². The van der Waals surface area contributed by atoms with Gasteiger partial charge in [-0.2, -0.15) is 0 Å². The Kier molecular flexibility index (Phi) is 3.92. The number of imidazole rings is 1. The summed E-state index contributed by atoms with van der Waals surface area (Å²) in [6.07, 6.45) is 3.35. The SMILES string of the molecule is Cc1cc(-c2ccc(-n3ccn(C)c3=O)c(Cl)c2)c(N)c(Cl)n1. The zero-order valence-electron chi connectivity index (χ0n) is 12.5. The predicted molar refractivity (Wildman–Crippen MR) is 93.4 cm³/mol. The van der Waals surface area contributed by atoms with Crippen molar-refractivity contribution in [3.8, 4) is 16.8 Å². The van der Waals surface area contributed by atoms with Crippen LogP contribution in [-0.2, 0) is 7.05 Å². The van der Waals surface area contributed by atoms with Gasteiger partial charge in [-0.1, -0.05) is 29.3 Å². The number of halogens is 2. The van der Waals surface area contributed by atoms with E-state index in [1.165, 1.54) is 9.13 Å². The van der Waals surface area contributed by atoms with E-state index in [0.29, 0.717) is 16.4 Å². The number of nitrogen functional groups attached to an aromatic ring is 1. The molecule has 118 valence electrons. The summed E-state index contributed by atoms with van der Waals surface area (Å²) in [6.45, 7) is 1.84. The number of aryl methyl sites for hydroxylation is 2. The van der Waals surface area contributed by atoms with Crippen molar-refractivity contribution < 1.29 is 0 Å². The van der Waals surface area contributed by atoms with E-state index < -0.39 is 0 Å². The molecule has 2 N–H and O–H groups in total. The normalized spacial score (nSPS) is 11.0. The second kappa shape index (κ2) is 5.76. The Morgan fingerprint density at radius 3 is 2.52 bits per heavy atom. The maximum Gasteiger partial charge on any atom is 0.332 e. The van der Waals surface area contributed by atoms with Crippen molar-refractivity contribution in [2.75, 3.05) is 5.73 Å². The maximum absolute atomic E-state index is 12.0. The molecule has 0 saturated carbocycles. The van der Waals surface area contributed by atoms with Gasteiger partial charge in [0.15, 0.2) is 5.15 Å². The molecule has 0 atom stereocenters. The third-order valence-electron chi connectivity index (χ3n) is 3.61. The van der Waals surface area contributed by atoms with E-state index in [1.807, 2.05) is 19.1 Å². The number of hydrogen-bond donors (Lipinski definition) is 1. The number of nitrogens with two attached hydrogens (primary N) is 1. The molecular formula is C16H14Cl2N4O. The summed E-state index contributed by atoms with van der Waals surface area (Å²) < 4.78 is 2.97. The molecule has 2 aromatic heterocycles. The number of anilines is 1. The van der Waals surface area contributed by atoms with Gasteiger partial charge in [0.05, 0.1) is 16.4 Å². The number of pyridine rings is 1. The van der Waals surface area contributed by atoms with Crippen molar-refractivity contribution in [2.24, 2.45) is 7.05 Å². The molecule has 2 heterocycles. The van der Waals surface area contributed by atoms with Crippen LogP contribution in [0.1, 0.15) is 5.69 Å². The minimum absolute atomic E-state index is 0.165. The molecule has 0 aliphatic carbocycles. The molecule has 23 heavy (non-hydrogen) atoms. The lowest BCUT2D eigenvalue weighted by molar-refractivity contribution is 0.824. The number of nitrogens with zero attached hydrogens (tertiary/aromatic N) is 3. The lowest BCUT2D eigenvalue weighted by atomic mass is 10.0. The van der Waals surface area contributed by atoms with Crippen molar-refractivity contribution in [2.45, 2.75) is 6.92 Å². The monoisotopic (exact) mass is 348 g/mol. The molecule has 0 spiro atoms. The highest BCUT2D eigenvalue weighted by atomic mass is 35.5. The molecule has 5 nitrogen and oxygen atoms in total. The highest BCUT2D eigenvalue weighted by molar-refractivity contribution is 6.33. The smallest absolute Gasteiger partial charge is 0.332 e. The standard InChI is InChI=1S/C16H14Cl2N4O/c1-9-7-11(14(19)15(18)20-9)10-3-4-13(12(17)8-10)22-6-5-21(2)16(22)23/h3-8H,19H2,1-2H3. The first-order chi connectivity index (χ1) is 10.9. The van der Waals surface area contributed by atoms with Crippen molar-refractivity contribution in [3.05, 3.63) is 63.0 Å². The minimum Gasteiger partial charge on any atom is -0.396 e. The summed E-state index contributed by atoms with van der Waals surface area (Å²) in [5, 5.41) is 0.709. The van der Waals surface area contributed by atoms with Crippen molar-refractivity contribution in [3.63, 3.8) is 0 Å². The third kappa shape index (κ3) is 2.73. The molecule has 0 unspecified atom stereocenters. The van der Waals surface area contributed by atoms with Gasteiger partial charge in [-0.15, -0.1) is 0 Å². The van der Waals surface area contributed by atoms with Crippen molar-refractivity contribution >= 4 is 28.9 Å². The average Bonchev–Trinajstić information content (AvgIpc) is 2.83. The summed E-state index contributed by atoms with van der Waals surface area (Å²) in [5.74, 6) is 0. The Hall–Kier alpha value is -2.24. The molecule has 0 bridgehead atoms. The Bertz CT molecular complexity index is 959. The molecule has 3 aromatic rings. The third-order valence-corrected chi connectivity index (χ3v) is 4.20. The molecule has 7 heteroatoms. The second-order valence-electron chi connectivity index (χ2n) is 5.24. The molecular weight excluding hydrogens is 335 g/mol. The van der Waals surface area contributed by atoms with E-state index >= 15 is 0 Å². The first-order valence-corrected chi connectivity index (χ1v) is 7.61. The Morgan fingerprint density at radius 1 is 1.17 bits per heavy atom. The van der Waals surface area contributed by atoms with Gasteiger partial charge in [-0.25, -0.2) is 9.78 Å². The fourth-order valence-electron chi connectivity index (χ4n) is 2.40. The van der Waals surface area contributed by atoms with E-state index in [4.69, 9.17) is 28.9 Å². The molecule has 3 rings (SSSR count). The first-order valence-electron chi connectivity index (χ1n) is 6.85. The second-order valence-corrected chi connectivity index (χ2v) is 6.01. The number of rotatable bonds is 2. The topological polar surface area (TPSA) is 65.8 Å². The summed E-state index contributed by atoms with van der Waals surface area (Å²) in [4.78, 5) is 16.2. The van der Waals surface area contributed by atoms with Crippen LogP contribution in [0.25, 0.3) is 16.8 Å². The van der Waals surface area contributed by atoms with E-state index in [2.05, 4.69) is 4.98 Å². The van der Waals surface area contributed by atoms with Gasteiger partial charge < -0.3 is 10.3 Å². The van der Waals surface area contributed by atoms with Crippen molar-refractivity contribution in [1.82, 2.24) is 14.1 Å². The zero-order valence-corrected chi connectivity index (χ0v) is 14.1. The van der Waals surface area contributed by atoms with Crippen molar-refractivity contribution in [1.29, 1.82) is 0 Å². The van der Waals surface area contributed by atoms with Gasteiger partial charge >= 0.3 is 5.69 Å². The van der Waals surface area contributed by atoms with Crippen LogP contribution >= 0.6 is 23.2 Å². The van der Waals surface area contributed by atoms with Gasteiger partial charge in [0.1, 0.15) is 0 Å². The highest BCUT2D eigenvalue weighted by Gasteiger charge is 2.12. The summed E-state index contributed by atoms with van der Waals surface area (Å²) in [6, 6.07) is 7.24. The Labute approximate surface area is 142 Å². The number of benzene rings is 1. The van der Waals surface area contributed by atoms with Crippen LogP contribution in [0.5, 0.6) is 0 Å². The largest absolute Gasteiger partial charge is 0.396 e. The van der Waals surface area contributed by atoms with Crippen LogP contribution in [0.15, 0.2) is 41.5 Å². The minimum atomic E-state index is -0.165. The molecule has 1 aromatic carbocycles. The van der Waals surface area contributed by atoms with Crippen LogP contribution in [-0.4, -0.2) is 14.1 Å². The summed E-state index contributed by atoms with van der Waals surface area (Å²) in [7, 11) is 1.68. The Balaban J connectivity index is 2.14. The lowest BCUT2D eigenvalue weighted by Crippen LogP contribution is -2.20. The average molecular weight is 349 g/mol. The van der Waals surface area contributed by atoms with Gasteiger partial charge in [0.2, 0.25) is 0 Å². The molecule has 0 aliphatic heterocycles. The molecule has 0 aliphatic rings. The van der Waals surface area contributed by atoms with Gasteiger partial charge in [-0.3, -0.25) is 4.57 Å². The Morgan fingerprint density at radius 2 is 1.91 bits per heavy atom. The molecule has 0 radical (unpaired) electrons. The maximum atomic E-state index is 12.0. The van der Waals surface area contributed by atoms with Gasteiger partial charge in [0.25, 0.3) is 0 Å². The van der Waals surface area contributed by atoms with E-state index in [-0.39, 0.29) is 10.8 Å².